The Labute approximate surface area is 150 Å². The summed E-state index contributed by atoms with van der Waals surface area (Å²) in [4.78, 5) is 11.8. The van der Waals surface area contributed by atoms with Gasteiger partial charge in [0.05, 0.1) is 5.60 Å². The van der Waals surface area contributed by atoms with Gasteiger partial charge in [-0.25, -0.2) is 4.79 Å². The van der Waals surface area contributed by atoms with Crippen LogP contribution in [-0.2, 0) is 11.3 Å². The largest absolute Gasteiger partial charge is 0.445 e. The van der Waals surface area contributed by atoms with Gasteiger partial charge in [0.25, 0.3) is 0 Å². The summed E-state index contributed by atoms with van der Waals surface area (Å²) >= 11 is 0. The van der Waals surface area contributed by atoms with Crippen LogP contribution in [0, 0.1) is 0 Å². The molecule has 0 saturated heterocycles. The quantitative estimate of drug-likeness (QED) is 0.692. The van der Waals surface area contributed by atoms with Gasteiger partial charge in [0.2, 0.25) is 0 Å². The summed E-state index contributed by atoms with van der Waals surface area (Å²) in [6, 6.07) is 10.2. The Morgan fingerprint density at radius 3 is 2.44 bits per heavy atom. The van der Waals surface area contributed by atoms with E-state index in [9.17, 15) is 9.90 Å². The molecule has 2 aliphatic carbocycles. The minimum Gasteiger partial charge on any atom is -0.445 e. The van der Waals surface area contributed by atoms with Crippen LogP contribution in [0.1, 0.15) is 56.9 Å². The lowest BCUT2D eigenvalue weighted by atomic mass is 9.85. The third kappa shape index (κ3) is 5.72. The minimum atomic E-state index is -0.538. The van der Waals surface area contributed by atoms with Crippen molar-refractivity contribution in [3.8, 4) is 0 Å². The molecule has 2 aliphatic rings. The molecule has 5 heteroatoms. The second kappa shape index (κ2) is 8.68. The monoisotopic (exact) mass is 346 g/mol. The highest BCUT2D eigenvalue weighted by Crippen LogP contribution is 2.28. The van der Waals surface area contributed by atoms with E-state index in [1.165, 1.54) is 12.8 Å². The summed E-state index contributed by atoms with van der Waals surface area (Å²) in [7, 11) is 0. The highest BCUT2D eigenvalue weighted by molar-refractivity contribution is 5.67. The molecule has 25 heavy (non-hydrogen) atoms. The molecular formula is C20H30N2O3. The first-order valence-electron chi connectivity index (χ1n) is 9.56. The summed E-state index contributed by atoms with van der Waals surface area (Å²) in [6.07, 6.45) is 7.98. The van der Waals surface area contributed by atoms with Gasteiger partial charge < -0.3 is 20.5 Å². The molecule has 0 heterocycles. The standard InChI is InChI=1S/C20H30N2O3/c23-19(25-14-16-8-4-3-5-9-16)22-18-12-17(13-18)21-15-20(24)10-6-1-2-7-11-20/h3-5,8-9,17-18,21,24H,1-2,6-7,10-15H2,(H,22,23). The van der Waals surface area contributed by atoms with Crippen LogP contribution in [0.3, 0.4) is 0 Å². The van der Waals surface area contributed by atoms with Gasteiger partial charge in [0.15, 0.2) is 0 Å². The molecule has 0 aliphatic heterocycles. The molecule has 3 N–H and O–H groups in total. The van der Waals surface area contributed by atoms with Gasteiger partial charge in [-0.1, -0.05) is 56.0 Å². The third-order valence-corrected chi connectivity index (χ3v) is 5.43. The molecule has 2 saturated carbocycles. The molecule has 1 aromatic carbocycles. The first kappa shape index (κ1) is 18.2. The Hall–Kier alpha value is -1.59. The lowest BCUT2D eigenvalue weighted by Crippen LogP contribution is -2.55. The first-order valence-corrected chi connectivity index (χ1v) is 9.56. The van der Waals surface area contributed by atoms with Crippen molar-refractivity contribution in [1.29, 1.82) is 0 Å². The number of alkyl carbamates (subject to hydrolysis) is 1. The van der Waals surface area contributed by atoms with Crippen LogP contribution in [0.4, 0.5) is 4.79 Å². The highest BCUT2D eigenvalue weighted by Gasteiger charge is 2.34. The van der Waals surface area contributed by atoms with Crippen LogP contribution in [0.5, 0.6) is 0 Å². The van der Waals surface area contributed by atoms with Crippen molar-refractivity contribution in [1.82, 2.24) is 10.6 Å². The first-order chi connectivity index (χ1) is 12.1. The number of hydrogen-bond donors (Lipinski definition) is 3. The van der Waals surface area contributed by atoms with E-state index in [4.69, 9.17) is 4.74 Å². The van der Waals surface area contributed by atoms with Crippen molar-refractivity contribution < 1.29 is 14.6 Å². The number of carbonyl (C=O) groups is 1. The zero-order valence-corrected chi connectivity index (χ0v) is 14.9. The Kier molecular flexibility index (Phi) is 6.32. The summed E-state index contributed by atoms with van der Waals surface area (Å²) in [5, 5.41) is 17.0. The van der Waals surface area contributed by atoms with E-state index in [1.54, 1.807) is 0 Å². The fourth-order valence-corrected chi connectivity index (χ4v) is 3.73. The summed E-state index contributed by atoms with van der Waals surface area (Å²) in [5.74, 6) is 0. The van der Waals surface area contributed by atoms with E-state index in [-0.39, 0.29) is 12.1 Å². The second-order valence-corrected chi connectivity index (χ2v) is 7.59. The van der Waals surface area contributed by atoms with Gasteiger partial charge in [0.1, 0.15) is 6.61 Å². The maximum atomic E-state index is 11.8. The van der Waals surface area contributed by atoms with Gasteiger partial charge in [-0.05, 0) is 31.2 Å². The van der Waals surface area contributed by atoms with Crippen molar-refractivity contribution in [3.05, 3.63) is 35.9 Å². The lowest BCUT2D eigenvalue weighted by molar-refractivity contribution is 0.0184. The number of ether oxygens (including phenoxy) is 1. The highest BCUT2D eigenvalue weighted by atomic mass is 16.5. The van der Waals surface area contributed by atoms with E-state index >= 15 is 0 Å². The number of amides is 1. The molecule has 0 spiro atoms. The van der Waals surface area contributed by atoms with E-state index in [0.29, 0.717) is 19.2 Å². The molecule has 0 radical (unpaired) electrons. The average Bonchev–Trinajstić information content (AvgIpc) is 2.81. The molecule has 0 unspecified atom stereocenters. The summed E-state index contributed by atoms with van der Waals surface area (Å²) in [6.45, 7) is 0.969. The van der Waals surface area contributed by atoms with E-state index in [0.717, 1.165) is 44.1 Å². The Balaban J connectivity index is 1.29. The van der Waals surface area contributed by atoms with Crippen molar-refractivity contribution >= 4 is 6.09 Å². The van der Waals surface area contributed by atoms with E-state index < -0.39 is 5.60 Å². The topological polar surface area (TPSA) is 70.6 Å². The van der Waals surface area contributed by atoms with Crippen LogP contribution in [-0.4, -0.2) is 35.4 Å². The maximum Gasteiger partial charge on any atom is 0.407 e. The molecule has 138 valence electrons. The number of hydrogen-bond acceptors (Lipinski definition) is 4. The number of benzene rings is 1. The van der Waals surface area contributed by atoms with E-state index in [2.05, 4.69) is 10.6 Å². The van der Waals surface area contributed by atoms with Crippen molar-refractivity contribution in [3.63, 3.8) is 0 Å². The summed E-state index contributed by atoms with van der Waals surface area (Å²) in [5.41, 5.74) is 0.450. The van der Waals surface area contributed by atoms with Gasteiger partial charge in [0, 0.05) is 18.6 Å². The molecule has 1 aromatic rings. The summed E-state index contributed by atoms with van der Waals surface area (Å²) < 4.78 is 5.24. The number of aliphatic hydroxyl groups is 1. The second-order valence-electron chi connectivity index (χ2n) is 7.59. The maximum absolute atomic E-state index is 11.8. The van der Waals surface area contributed by atoms with Gasteiger partial charge in [-0.3, -0.25) is 0 Å². The average molecular weight is 346 g/mol. The van der Waals surface area contributed by atoms with Gasteiger partial charge in [-0.15, -0.1) is 0 Å². The van der Waals surface area contributed by atoms with Crippen molar-refractivity contribution in [2.75, 3.05) is 6.54 Å². The third-order valence-electron chi connectivity index (χ3n) is 5.43. The van der Waals surface area contributed by atoms with Crippen LogP contribution in [0.25, 0.3) is 0 Å². The SMILES string of the molecule is O=C(NC1CC(NCC2(O)CCCCCC2)C1)OCc1ccccc1. The molecular weight excluding hydrogens is 316 g/mol. The fourth-order valence-electron chi connectivity index (χ4n) is 3.73. The zero-order valence-electron chi connectivity index (χ0n) is 14.9. The van der Waals surface area contributed by atoms with Crippen LogP contribution >= 0.6 is 0 Å². The molecule has 0 bridgehead atoms. The number of rotatable bonds is 6. The molecule has 2 fully saturated rings. The molecule has 1 amide bonds. The zero-order chi connectivity index (χ0) is 17.5. The Morgan fingerprint density at radius 1 is 1.08 bits per heavy atom. The molecule has 3 rings (SSSR count). The van der Waals surface area contributed by atoms with Crippen molar-refractivity contribution in [2.45, 2.75) is 75.7 Å². The smallest absolute Gasteiger partial charge is 0.407 e. The predicted molar refractivity (Wildman–Crippen MR) is 97.2 cm³/mol. The van der Waals surface area contributed by atoms with Gasteiger partial charge >= 0.3 is 6.09 Å². The molecule has 0 aromatic heterocycles. The van der Waals surface area contributed by atoms with Gasteiger partial charge in [-0.2, -0.15) is 0 Å². The fraction of sp³-hybridized carbons (Fsp3) is 0.650. The lowest BCUT2D eigenvalue weighted by Gasteiger charge is -2.38. The predicted octanol–water partition coefficient (Wildman–Crippen LogP) is 3.12. The molecule has 0 atom stereocenters. The van der Waals surface area contributed by atoms with Crippen LogP contribution in [0.15, 0.2) is 30.3 Å². The number of nitrogens with one attached hydrogen (secondary N) is 2. The van der Waals surface area contributed by atoms with Crippen LogP contribution in [0.2, 0.25) is 0 Å². The van der Waals surface area contributed by atoms with Crippen LogP contribution < -0.4 is 10.6 Å². The number of carbonyl (C=O) groups excluding carboxylic acids is 1. The van der Waals surface area contributed by atoms with Crippen molar-refractivity contribution in [2.24, 2.45) is 0 Å². The molecule has 5 nitrogen and oxygen atoms in total. The normalized spacial score (nSPS) is 25.5. The Morgan fingerprint density at radius 2 is 1.76 bits per heavy atom. The Bertz CT molecular complexity index is 535. The minimum absolute atomic E-state index is 0.171. The van der Waals surface area contributed by atoms with E-state index in [1.807, 2.05) is 30.3 Å².